The van der Waals surface area contributed by atoms with Crippen LogP contribution in [0.3, 0.4) is 0 Å². The third-order valence-electron chi connectivity index (χ3n) is 6.63. The summed E-state index contributed by atoms with van der Waals surface area (Å²) in [5.41, 5.74) is 14.2. The monoisotopic (exact) mass is 614 g/mol. The minimum atomic E-state index is -1.12. The van der Waals surface area contributed by atoms with Gasteiger partial charge in [-0.25, -0.2) is 9.79 Å². The number of rotatable bonds is 11. The number of aryl methyl sites for hydroxylation is 1. The Morgan fingerprint density at radius 1 is 1.02 bits per heavy atom. The van der Waals surface area contributed by atoms with E-state index in [2.05, 4.69) is 4.99 Å². The topological polar surface area (TPSA) is 186 Å². The van der Waals surface area contributed by atoms with Crippen LogP contribution in [-0.2, 0) is 33.8 Å². The Bertz CT molecular complexity index is 1490. The van der Waals surface area contributed by atoms with E-state index in [4.69, 9.17) is 21.3 Å². The molecule has 0 spiro atoms. The summed E-state index contributed by atoms with van der Waals surface area (Å²) in [6, 6.07) is 13.4. The van der Waals surface area contributed by atoms with Crippen LogP contribution in [0.2, 0.25) is 0 Å². The van der Waals surface area contributed by atoms with Gasteiger partial charge < -0.3 is 31.3 Å². The molecule has 0 saturated carbocycles. The molecule has 1 atom stereocenters. The van der Waals surface area contributed by atoms with Crippen LogP contribution < -0.4 is 16.2 Å². The fourth-order valence-corrected chi connectivity index (χ4v) is 5.73. The fraction of sp³-hybridized carbons (Fsp3) is 0.276. The number of nitrogens with zero attached hydrogens (tertiary/aromatic N) is 2. The first-order valence-corrected chi connectivity index (χ1v) is 13.8. The number of ether oxygens (including phenoxy) is 1. The van der Waals surface area contributed by atoms with Crippen LogP contribution in [0, 0.1) is 0 Å². The molecule has 222 valence electrons. The molecule has 11 nitrogen and oxygen atoms in total. The van der Waals surface area contributed by atoms with Gasteiger partial charge in [0, 0.05) is 17.8 Å². The molecule has 1 heterocycles. The molecule has 3 aromatic rings. The quantitative estimate of drug-likeness (QED) is 0.108. The Hall–Kier alpha value is -4.42. The molecule has 1 amide bonds. The molecule has 4 rings (SSSR count). The number of guanidine groups is 1. The van der Waals surface area contributed by atoms with E-state index in [1.165, 1.54) is 16.2 Å². The predicted octanol–water partition coefficient (Wildman–Crippen LogP) is 3.84. The van der Waals surface area contributed by atoms with Gasteiger partial charge in [-0.1, -0.05) is 6.07 Å². The zero-order valence-electron chi connectivity index (χ0n) is 22.5. The summed E-state index contributed by atoms with van der Waals surface area (Å²) in [4.78, 5) is 54.3. The van der Waals surface area contributed by atoms with Crippen LogP contribution in [0.4, 0.5) is 5.69 Å². The number of hydrogen-bond acceptors (Lipinski definition) is 7. The molecule has 2 aromatic carbocycles. The van der Waals surface area contributed by atoms with Crippen LogP contribution in [0.5, 0.6) is 5.75 Å². The minimum Gasteiger partial charge on any atom is -0.481 e. The molecule has 13 heteroatoms. The number of aliphatic imine (C=N–C) groups is 1. The largest absolute Gasteiger partial charge is 0.481 e. The SMILES string of the molecule is Cl.NC(N)=Nc1ccc(C(=O)Oc2ccc3c(c2)CCCC3CC(=O)N(CC(=O)O)Cc2csc(CC(=O)O)c2)cc1. The minimum absolute atomic E-state index is 0. The highest BCUT2D eigenvalue weighted by Crippen LogP contribution is 2.36. The van der Waals surface area contributed by atoms with Crippen LogP contribution in [0.1, 0.15) is 57.1 Å². The Labute approximate surface area is 252 Å². The average Bonchev–Trinajstić information content (AvgIpc) is 3.34. The number of carbonyl (C=O) groups excluding carboxylic acids is 2. The summed E-state index contributed by atoms with van der Waals surface area (Å²) in [7, 11) is 0. The van der Waals surface area contributed by atoms with Crippen LogP contribution >= 0.6 is 23.7 Å². The number of fused-ring (bicyclic) bond motifs is 1. The van der Waals surface area contributed by atoms with E-state index < -0.39 is 24.5 Å². The van der Waals surface area contributed by atoms with E-state index in [0.29, 0.717) is 27.4 Å². The maximum Gasteiger partial charge on any atom is 0.343 e. The lowest BCUT2D eigenvalue weighted by Gasteiger charge is -2.28. The van der Waals surface area contributed by atoms with Gasteiger partial charge in [0.25, 0.3) is 0 Å². The first kappa shape index (κ1) is 32.1. The molecule has 0 aliphatic heterocycles. The summed E-state index contributed by atoms with van der Waals surface area (Å²) >= 11 is 1.27. The number of benzene rings is 2. The van der Waals surface area contributed by atoms with E-state index in [-0.39, 0.29) is 49.6 Å². The van der Waals surface area contributed by atoms with Gasteiger partial charge >= 0.3 is 17.9 Å². The zero-order chi connectivity index (χ0) is 29.5. The van der Waals surface area contributed by atoms with Crippen molar-refractivity contribution in [3.05, 3.63) is 81.0 Å². The third-order valence-corrected chi connectivity index (χ3v) is 7.62. The summed E-state index contributed by atoms with van der Waals surface area (Å²) in [6.45, 7) is -0.368. The Morgan fingerprint density at radius 2 is 1.76 bits per heavy atom. The van der Waals surface area contributed by atoms with Crippen LogP contribution in [0.25, 0.3) is 0 Å². The number of hydrogen-bond donors (Lipinski definition) is 4. The molecule has 0 bridgehead atoms. The number of nitrogens with two attached hydrogens (primary N) is 2. The smallest absolute Gasteiger partial charge is 0.343 e. The maximum absolute atomic E-state index is 13.3. The van der Waals surface area contributed by atoms with E-state index in [1.807, 2.05) is 12.1 Å². The van der Waals surface area contributed by atoms with Gasteiger partial charge in [-0.2, -0.15) is 0 Å². The summed E-state index contributed by atoms with van der Waals surface area (Å²) in [5, 5.41) is 20.2. The highest BCUT2D eigenvalue weighted by atomic mass is 35.5. The molecule has 1 aliphatic rings. The van der Waals surface area contributed by atoms with Crippen molar-refractivity contribution < 1.29 is 34.1 Å². The van der Waals surface area contributed by atoms with Crippen molar-refractivity contribution in [2.75, 3.05) is 6.54 Å². The van der Waals surface area contributed by atoms with Crippen molar-refractivity contribution >= 4 is 59.2 Å². The Kier molecular flexibility index (Phi) is 11.1. The van der Waals surface area contributed by atoms with E-state index in [1.54, 1.807) is 41.8 Å². The van der Waals surface area contributed by atoms with Gasteiger partial charge in [-0.05, 0) is 89.7 Å². The second kappa shape index (κ2) is 14.5. The molecule has 1 aromatic heterocycles. The number of esters is 1. The van der Waals surface area contributed by atoms with Gasteiger partial charge in [0.1, 0.15) is 12.3 Å². The van der Waals surface area contributed by atoms with Crippen molar-refractivity contribution in [1.29, 1.82) is 0 Å². The third kappa shape index (κ3) is 8.79. The van der Waals surface area contributed by atoms with Gasteiger partial charge in [0.05, 0.1) is 17.7 Å². The first-order chi connectivity index (χ1) is 19.6. The van der Waals surface area contributed by atoms with Gasteiger partial charge in [0.15, 0.2) is 5.96 Å². The predicted molar refractivity (Wildman–Crippen MR) is 160 cm³/mol. The summed E-state index contributed by atoms with van der Waals surface area (Å²) in [5.74, 6) is -2.72. The molecule has 0 fully saturated rings. The number of carboxylic acid groups (broad SMARTS) is 2. The van der Waals surface area contributed by atoms with Gasteiger partial charge in [-0.15, -0.1) is 23.7 Å². The lowest BCUT2D eigenvalue weighted by Crippen LogP contribution is -2.36. The molecule has 1 aliphatic carbocycles. The van der Waals surface area contributed by atoms with Gasteiger partial charge in [0.2, 0.25) is 5.91 Å². The average molecular weight is 615 g/mol. The highest BCUT2D eigenvalue weighted by molar-refractivity contribution is 7.10. The molecule has 0 radical (unpaired) electrons. The van der Waals surface area contributed by atoms with Crippen molar-refractivity contribution in [2.24, 2.45) is 16.5 Å². The lowest BCUT2D eigenvalue weighted by molar-refractivity contribution is -0.145. The second-order valence-corrected chi connectivity index (χ2v) is 10.8. The fourth-order valence-electron chi connectivity index (χ4n) is 4.86. The summed E-state index contributed by atoms with van der Waals surface area (Å²) in [6.07, 6.45) is 2.37. The lowest BCUT2D eigenvalue weighted by atomic mass is 9.80. The maximum atomic E-state index is 13.3. The normalized spacial score (nSPS) is 13.7. The molecular formula is C29H31ClN4O7S. The van der Waals surface area contributed by atoms with Gasteiger partial charge in [-0.3, -0.25) is 14.4 Å². The van der Waals surface area contributed by atoms with Crippen molar-refractivity contribution in [3.8, 4) is 5.75 Å². The van der Waals surface area contributed by atoms with E-state index >= 15 is 0 Å². The second-order valence-electron chi connectivity index (χ2n) is 9.76. The number of carboxylic acids is 2. The summed E-state index contributed by atoms with van der Waals surface area (Å²) < 4.78 is 5.58. The molecule has 1 unspecified atom stereocenters. The molecule has 0 saturated heterocycles. The number of thiophene rings is 1. The molecule has 6 N–H and O–H groups in total. The van der Waals surface area contributed by atoms with E-state index in [9.17, 15) is 24.3 Å². The van der Waals surface area contributed by atoms with Crippen LogP contribution in [-0.4, -0.2) is 51.4 Å². The standard InChI is InChI=1S/C29H30N4O7S.ClH/c30-29(31)32-21-6-4-18(5-7-21)28(39)40-22-8-9-24-19(11-22)2-1-3-20(24)12-25(34)33(15-27(37)38)14-17-10-23(41-16-17)13-26(35)36;/h4-11,16,20H,1-3,12-15H2,(H,35,36)(H,37,38)(H4,30,31,32);1H. The highest BCUT2D eigenvalue weighted by Gasteiger charge is 2.27. The van der Waals surface area contributed by atoms with Crippen molar-refractivity contribution in [1.82, 2.24) is 4.90 Å². The Morgan fingerprint density at radius 3 is 2.43 bits per heavy atom. The number of halogens is 1. The zero-order valence-corrected chi connectivity index (χ0v) is 24.2. The number of aliphatic carboxylic acids is 2. The number of amides is 1. The Balaban J connectivity index is 0.00000484. The van der Waals surface area contributed by atoms with Crippen LogP contribution in [0.15, 0.2) is 58.9 Å². The van der Waals surface area contributed by atoms with Crippen molar-refractivity contribution in [3.63, 3.8) is 0 Å². The molecule has 42 heavy (non-hydrogen) atoms. The number of carbonyl (C=O) groups is 4. The van der Waals surface area contributed by atoms with E-state index in [0.717, 1.165) is 30.4 Å². The first-order valence-electron chi connectivity index (χ1n) is 12.9. The van der Waals surface area contributed by atoms with Crippen molar-refractivity contribution in [2.45, 2.75) is 44.6 Å². The molecular weight excluding hydrogens is 584 g/mol.